The molecule has 1 aliphatic heterocycles. The van der Waals surface area contributed by atoms with Gasteiger partial charge in [-0.25, -0.2) is 13.8 Å². The molecule has 0 fully saturated rings. The van der Waals surface area contributed by atoms with E-state index in [1.807, 2.05) is 25.1 Å². The second kappa shape index (κ2) is 10.8. The van der Waals surface area contributed by atoms with Crippen LogP contribution >= 0.6 is 0 Å². The van der Waals surface area contributed by atoms with E-state index in [0.717, 1.165) is 37.1 Å². The van der Waals surface area contributed by atoms with Gasteiger partial charge in [0.2, 0.25) is 0 Å². The summed E-state index contributed by atoms with van der Waals surface area (Å²) in [6.07, 6.45) is 4.47. The third-order valence-electron chi connectivity index (χ3n) is 6.19. The summed E-state index contributed by atoms with van der Waals surface area (Å²) in [6.45, 7) is 4.10. The Morgan fingerprint density at radius 2 is 1.88 bits per heavy atom. The highest BCUT2D eigenvalue weighted by Crippen LogP contribution is 2.30. The summed E-state index contributed by atoms with van der Waals surface area (Å²) in [5.74, 6) is -0.565. The largest absolute Gasteiger partial charge is 0.325 e. The molecule has 0 bridgehead atoms. The third-order valence-corrected chi connectivity index (χ3v) is 6.19. The van der Waals surface area contributed by atoms with E-state index in [-0.39, 0.29) is 17.9 Å². The van der Waals surface area contributed by atoms with E-state index in [0.29, 0.717) is 11.3 Å². The van der Waals surface area contributed by atoms with Gasteiger partial charge in [0.25, 0.3) is 12.3 Å². The summed E-state index contributed by atoms with van der Waals surface area (Å²) in [4.78, 5) is 16.7. The molecule has 1 aromatic carbocycles. The number of nitrogens with two attached hydrogens (primary N) is 1. The molecule has 1 aliphatic rings. The van der Waals surface area contributed by atoms with E-state index in [1.165, 1.54) is 30.1 Å². The Hall–Kier alpha value is -2.67. The lowest BCUT2D eigenvalue weighted by Crippen LogP contribution is -2.42. The lowest BCUT2D eigenvalue weighted by molar-refractivity contribution is 0.0307. The standard InChI is InChI=1S/C25H32F2N4O/c1-3-12-25(28,17-19-7-5-4-6-8-19)13-9-18(2)21-16-22(23(26)27)31(30-21)24(32)20-10-14-29-15-11-20/h4-8,10-11,14-15,18,22-23H,3,9,12-13,16-17,28H2,1-2H3. The van der Waals surface area contributed by atoms with E-state index in [2.05, 4.69) is 29.1 Å². The Morgan fingerprint density at radius 3 is 2.50 bits per heavy atom. The molecule has 1 amide bonds. The van der Waals surface area contributed by atoms with Crippen LogP contribution in [0.2, 0.25) is 0 Å². The lowest BCUT2D eigenvalue weighted by atomic mass is 9.80. The van der Waals surface area contributed by atoms with Gasteiger partial charge in [-0.3, -0.25) is 9.78 Å². The summed E-state index contributed by atoms with van der Waals surface area (Å²) in [5, 5.41) is 5.31. The van der Waals surface area contributed by atoms with Crippen molar-refractivity contribution < 1.29 is 13.6 Å². The Balaban J connectivity index is 1.70. The summed E-state index contributed by atoms with van der Waals surface area (Å²) < 4.78 is 27.4. The van der Waals surface area contributed by atoms with Crippen molar-refractivity contribution in [2.45, 2.75) is 70.4 Å². The number of hydrogen-bond acceptors (Lipinski definition) is 4. The molecule has 32 heavy (non-hydrogen) atoms. The second-order valence-corrected chi connectivity index (χ2v) is 8.80. The predicted molar refractivity (Wildman–Crippen MR) is 123 cm³/mol. The molecule has 1 aromatic heterocycles. The number of aromatic nitrogens is 1. The van der Waals surface area contributed by atoms with Crippen LogP contribution in [-0.2, 0) is 6.42 Å². The van der Waals surface area contributed by atoms with Crippen molar-refractivity contribution in [2.75, 3.05) is 0 Å². The number of hydrogen-bond donors (Lipinski definition) is 1. The minimum atomic E-state index is -2.67. The SMILES string of the molecule is CCCC(N)(CCC(C)C1=NN(C(=O)c2ccncc2)C(C(F)F)C1)Cc1ccccc1. The number of carbonyl (C=O) groups is 1. The minimum Gasteiger partial charge on any atom is -0.325 e. The number of pyridine rings is 1. The molecule has 7 heteroatoms. The zero-order valence-electron chi connectivity index (χ0n) is 18.8. The van der Waals surface area contributed by atoms with Gasteiger partial charge in [-0.1, -0.05) is 50.6 Å². The van der Waals surface area contributed by atoms with Crippen LogP contribution in [0.5, 0.6) is 0 Å². The maximum absolute atomic E-state index is 13.7. The first-order valence-corrected chi connectivity index (χ1v) is 11.2. The van der Waals surface area contributed by atoms with Gasteiger partial charge < -0.3 is 5.73 Å². The van der Waals surface area contributed by atoms with Crippen molar-refractivity contribution >= 4 is 11.6 Å². The van der Waals surface area contributed by atoms with Gasteiger partial charge in [-0.15, -0.1) is 0 Å². The van der Waals surface area contributed by atoms with E-state index in [4.69, 9.17) is 5.73 Å². The number of carbonyl (C=O) groups excluding carboxylic acids is 1. The first-order valence-electron chi connectivity index (χ1n) is 11.2. The maximum atomic E-state index is 13.7. The monoisotopic (exact) mass is 442 g/mol. The molecule has 2 aromatic rings. The van der Waals surface area contributed by atoms with E-state index in [9.17, 15) is 13.6 Å². The van der Waals surface area contributed by atoms with Gasteiger partial charge in [-0.05, 0) is 49.3 Å². The van der Waals surface area contributed by atoms with Crippen molar-refractivity contribution in [1.82, 2.24) is 9.99 Å². The molecule has 0 saturated carbocycles. The number of nitrogens with zero attached hydrogens (tertiary/aromatic N) is 3. The van der Waals surface area contributed by atoms with Crippen molar-refractivity contribution in [2.24, 2.45) is 16.8 Å². The van der Waals surface area contributed by atoms with Gasteiger partial charge in [0, 0.05) is 35.6 Å². The van der Waals surface area contributed by atoms with Gasteiger partial charge in [0.15, 0.2) is 0 Å². The topological polar surface area (TPSA) is 71.6 Å². The van der Waals surface area contributed by atoms with Crippen molar-refractivity contribution in [1.29, 1.82) is 0 Å². The molecule has 0 spiro atoms. The quantitative estimate of drug-likeness (QED) is 0.558. The van der Waals surface area contributed by atoms with Gasteiger partial charge in [0.1, 0.15) is 6.04 Å². The molecular weight excluding hydrogens is 410 g/mol. The van der Waals surface area contributed by atoms with Crippen LogP contribution in [0.25, 0.3) is 0 Å². The average Bonchev–Trinajstić information content (AvgIpc) is 3.24. The normalized spacial score (nSPS) is 19.0. The van der Waals surface area contributed by atoms with Crippen LogP contribution in [0, 0.1) is 5.92 Å². The number of rotatable bonds is 10. The van der Waals surface area contributed by atoms with Crippen molar-refractivity contribution in [3.05, 3.63) is 66.0 Å². The van der Waals surface area contributed by atoms with Crippen LogP contribution in [0.4, 0.5) is 8.78 Å². The van der Waals surface area contributed by atoms with Crippen molar-refractivity contribution in [3.63, 3.8) is 0 Å². The lowest BCUT2D eigenvalue weighted by Gasteiger charge is -2.31. The minimum absolute atomic E-state index is 0.0398. The highest BCUT2D eigenvalue weighted by Gasteiger charge is 2.39. The molecule has 2 heterocycles. The molecule has 2 N–H and O–H groups in total. The summed E-state index contributed by atoms with van der Waals surface area (Å²) in [6, 6.07) is 12.0. The molecule has 5 nitrogen and oxygen atoms in total. The number of hydrazone groups is 1. The Bertz CT molecular complexity index is 907. The van der Waals surface area contributed by atoms with E-state index >= 15 is 0 Å². The molecule has 3 rings (SSSR count). The first kappa shape index (κ1) is 24.0. The highest BCUT2D eigenvalue weighted by atomic mass is 19.3. The molecule has 3 unspecified atom stereocenters. The Kier molecular flexibility index (Phi) is 8.07. The van der Waals surface area contributed by atoms with Gasteiger partial charge in [-0.2, -0.15) is 5.10 Å². The zero-order chi connectivity index (χ0) is 23.1. The zero-order valence-corrected chi connectivity index (χ0v) is 18.8. The highest BCUT2D eigenvalue weighted by molar-refractivity contribution is 5.98. The molecule has 172 valence electrons. The number of alkyl halides is 2. The molecule has 3 atom stereocenters. The van der Waals surface area contributed by atoms with Crippen LogP contribution in [0.3, 0.4) is 0 Å². The average molecular weight is 443 g/mol. The fourth-order valence-electron chi connectivity index (χ4n) is 4.35. The van der Waals surface area contributed by atoms with Crippen LogP contribution in [0.15, 0.2) is 60.0 Å². The first-order chi connectivity index (χ1) is 15.3. The summed E-state index contributed by atoms with van der Waals surface area (Å²) >= 11 is 0. The number of benzene rings is 1. The van der Waals surface area contributed by atoms with Crippen LogP contribution in [-0.4, -0.2) is 39.6 Å². The summed E-state index contributed by atoms with van der Waals surface area (Å²) in [7, 11) is 0. The van der Waals surface area contributed by atoms with Gasteiger partial charge in [0.05, 0.1) is 0 Å². The predicted octanol–water partition coefficient (Wildman–Crippen LogP) is 5.07. The van der Waals surface area contributed by atoms with Crippen molar-refractivity contribution in [3.8, 4) is 0 Å². The second-order valence-electron chi connectivity index (χ2n) is 8.80. The maximum Gasteiger partial charge on any atom is 0.274 e. The Morgan fingerprint density at radius 1 is 1.19 bits per heavy atom. The smallest absolute Gasteiger partial charge is 0.274 e. The molecule has 0 saturated heterocycles. The fourth-order valence-corrected chi connectivity index (χ4v) is 4.35. The molecule has 0 aliphatic carbocycles. The molecular formula is C25H32F2N4O. The third kappa shape index (κ3) is 5.97. The fraction of sp³-hybridized carbons (Fsp3) is 0.480. The molecule has 0 radical (unpaired) electrons. The number of amides is 1. The van der Waals surface area contributed by atoms with E-state index in [1.54, 1.807) is 0 Å². The van der Waals surface area contributed by atoms with Gasteiger partial charge >= 0.3 is 0 Å². The Labute approximate surface area is 188 Å². The number of halogens is 2. The van der Waals surface area contributed by atoms with Crippen LogP contribution in [0.1, 0.15) is 61.9 Å². The van der Waals surface area contributed by atoms with E-state index < -0.39 is 18.4 Å². The summed E-state index contributed by atoms with van der Waals surface area (Å²) in [5.41, 5.74) is 8.55. The van der Waals surface area contributed by atoms with Crippen LogP contribution < -0.4 is 5.73 Å².